The molecule has 1 atom stereocenters. The van der Waals surface area contributed by atoms with Crippen molar-refractivity contribution in [1.82, 2.24) is 19.4 Å². The topological polar surface area (TPSA) is 118 Å². The maximum atomic E-state index is 10.6. The average molecular weight is 583 g/mol. The van der Waals surface area contributed by atoms with Crippen molar-refractivity contribution in [3.8, 4) is 0 Å². The highest BCUT2D eigenvalue weighted by Crippen LogP contribution is 2.21. The van der Waals surface area contributed by atoms with Gasteiger partial charge in [0.05, 0.1) is 30.9 Å². The quantitative estimate of drug-likeness (QED) is 0.410. The smallest absolute Gasteiger partial charge is 0.475 e. The van der Waals surface area contributed by atoms with E-state index in [9.17, 15) is 26.3 Å². The fraction of sp³-hybridized carbons (Fsp3) is 0.391. The molecule has 0 radical (unpaired) electrons. The predicted molar refractivity (Wildman–Crippen MR) is 125 cm³/mol. The molecule has 9 nitrogen and oxygen atoms in total. The van der Waals surface area contributed by atoms with E-state index in [-0.39, 0.29) is 0 Å². The van der Waals surface area contributed by atoms with Gasteiger partial charge in [0.15, 0.2) is 0 Å². The van der Waals surface area contributed by atoms with E-state index in [1.807, 2.05) is 48.3 Å². The van der Waals surface area contributed by atoms with Crippen LogP contribution in [0.5, 0.6) is 0 Å². The molecular formula is C23H24F6N4O5S. The van der Waals surface area contributed by atoms with Crippen LogP contribution in [0.1, 0.15) is 16.3 Å². The van der Waals surface area contributed by atoms with Crippen molar-refractivity contribution < 1.29 is 50.9 Å². The molecule has 0 saturated carbocycles. The Bertz CT molecular complexity index is 1130. The van der Waals surface area contributed by atoms with Gasteiger partial charge in [0.1, 0.15) is 0 Å². The molecule has 0 fully saturated rings. The number of thiophene rings is 1. The Kier molecular flexibility index (Phi) is 11.9. The van der Waals surface area contributed by atoms with Gasteiger partial charge in [0, 0.05) is 49.4 Å². The lowest BCUT2D eigenvalue weighted by Crippen LogP contribution is -2.29. The van der Waals surface area contributed by atoms with Gasteiger partial charge in [-0.05, 0) is 23.6 Å². The zero-order valence-corrected chi connectivity index (χ0v) is 20.9. The molecule has 1 aliphatic rings. The number of nitrogens with zero attached hydrogens (tertiary/aromatic N) is 4. The average Bonchev–Trinajstić information content (AvgIpc) is 3.48. The molecule has 4 heterocycles. The Labute approximate surface area is 222 Å². The Morgan fingerprint density at radius 1 is 1.03 bits per heavy atom. The van der Waals surface area contributed by atoms with Crippen molar-refractivity contribution >= 4 is 23.3 Å². The number of hydrogen-bond acceptors (Lipinski definition) is 7. The van der Waals surface area contributed by atoms with Crippen LogP contribution in [-0.4, -0.2) is 67.1 Å². The van der Waals surface area contributed by atoms with E-state index < -0.39 is 24.3 Å². The highest BCUT2D eigenvalue weighted by molar-refractivity contribution is 7.09. The molecule has 0 aliphatic carbocycles. The van der Waals surface area contributed by atoms with Crippen LogP contribution in [0, 0.1) is 5.92 Å². The third-order valence-corrected chi connectivity index (χ3v) is 5.79. The molecule has 3 aromatic rings. The van der Waals surface area contributed by atoms with Crippen LogP contribution in [0.2, 0.25) is 0 Å². The van der Waals surface area contributed by atoms with Crippen LogP contribution in [0.4, 0.5) is 26.3 Å². The van der Waals surface area contributed by atoms with E-state index in [2.05, 4.69) is 36.9 Å². The van der Waals surface area contributed by atoms with Gasteiger partial charge in [-0.3, -0.25) is 9.88 Å². The maximum Gasteiger partial charge on any atom is 0.490 e. The van der Waals surface area contributed by atoms with Crippen molar-refractivity contribution in [2.24, 2.45) is 5.92 Å². The number of aliphatic carboxylic acids is 2. The molecule has 214 valence electrons. The number of carboxylic acid groups (broad SMARTS) is 2. The van der Waals surface area contributed by atoms with Gasteiger partial charge in [-0.1, -0.05) is 12.1 Å². The van der Waals surface area contributed by atoms with Gasteiger partial charge >= 0.3 is 24.3 Å². The summed E-state index contributed by atoms with van der Waals surface area (Å²) in [4.78, 5) is 30.3. The van der Waals surface area contributed by atoms with Crippen LogP contribution in [-0.2, 0) is 40.6 Å². The Morgan fingerprint density at radius 2 is 1.69 bits per heavy atom. The number of aromatic nitrogens is 3. The molecule has 0 aromatic carbocycles. The maximum absolute atomic E-state index is 10.6. The van der Waals surface area contributed by atoms with Crippen LogP contribution in [0.3, 0.4) is 0 Å². The van der Waals surface area contributed by atoms with Gasteiger partial charge in [0.2, 0.25) is 0 Å². The van der Waals surface area contributed by atoms with E-state index in [1.54, 1.807) is 0 Å². The van der Waals surface area contributed by atoms with E-state index in [1.165, 1.54) is 10.6 Å². The predicted octanol–water partition coefficient (Wildman–Crippen LogP) is 4.46. The van der Waals surface area contributed by atoms with Crippen molar-refractivity contribution in [3.05, 3.63) is 70.7 Å². The summed E-state index contributed by atoms with van der Waals surface area (Å²) >= 11 is 1.82. The molecule has 0 amide bonds. The Hall–Kier alpha value is -3.50. The molecule has 1 aliphatic heterocycles. The highest BCUT2D eigenvalue weighted by atomic mass is 32.1. The number of pyridine rings is 1. The number of halogens is 6. The highest BCUT2D eigenvalue weighted by Gasteiger charge is 2.38. The number of carboxylic acids is 2. The number of ether oxygens (including phenoxy) is 1. The second kappa shape index (κ2) is 14.6. The zero-order valence-electron chi connectivity index (χ0n) is 20.1. The summed E-state index contributed by atoms with van der Waals surface area (Å²) < 4.78 is 71.7. The summed E-state index contributed by atoms with van der Waals surface area (Å²) in [5.41, 5.74) is 2.26. The monoisotopic (exact) mass is 582 g/mol. The molecule has 16 heteroatoms. The lowest BCUT2D eigenvalue weighted by molar-refractivity contribution is -0.193. The fourth-order valence-corrected chi connectivity index (χ4v) is 4.05. The normalized spacial score (nSPS) is 15.6. The molecular weight excluding hydrogens is 558 g/mol. The summed E-state index contributed by atoms with van der Waals surface area (Å²) in [5.74, 6) is -5.07. The standard InChI is InChI=1S/C19H22N4OS.2C2HF3O2/c1-2-6-21-17(4-1)14-24-13-16-9-22(12-19-5-3-7-25-19)11-18-8-20-15-23(18)10-16;2*3-2(4,5)1(6)7/h1-8,15-16H,9-14H2;2*(H,6,7). The molecule has 3 aromatic heterocycles. The molecule has 0 spiro atoms. The van der Waals surface area contributed by atoms with E-state index in [4.69, 9.17) is 24.5 Å². The molecule has 1 unspecified atom stereocenters. The number of alkyl halides is 6. The van der Waals surface area contributed by atoms with Gasteiger partial charge < -0.3 is 19.5 Å². The van der Waals surface area contributed by atoms with Crippen molar-refractivity contribution in [1.29, 1.82) is 0 Å². The van der Waals surface area contributed by atoms with Gasteiger partial charge in [-0.2, -0.15) is 26.3 Å². The number of carbonyl (C=O) groups is 2. The first kappa shape index (κ1) is 31.7. The van der Waals surface area contributed by atoms with Gasteiger partial charge in [-0.15, -0.1) is 11.3 Å². The number of imidazole rings is 1. The molecule has 0 saturated heterocycles. The van der Waals surface area contributed by atoms with E-state index >= 15 is 0 Å². The summed E-state index contributed by atoms with van der Waals surface area (Å²) in [6.07, 6.45) is -4.43. The van der Waals surface area contributed by atoms with Gasteiger partial charge in [0.25, 0.3) is 0 Å². The summed E-state index contributed by atoms with van der Waals surface area (Å²) in [6.45, 7) is 5.21. The third-order valence-electron chi connectivity index (χ3n) is 4.93. The lowest BCUT2D eigenvalue weighted by Gasteiger charge is -2.23. The van der Waals surface area contributed by atoms with Crippen LogP contribution >= 0.6 is 11.3 Å². The van der Waals surface area contributed by atoms with Crippen LogP contribution in [0.15, 0.2) is 54.4 Å². The lowest BCUT2D eigenvalue weighted by atomic mass is 10.1. The molecule has 4 rings (SSSR count). The molecule has 0 bridgehead atoms. The fourth-order valence-electron chi connectivity index (χ4n) is 3.30. The summed E-state index contributed by atoms with van der Waals surface area (Å²) in [5, 5.41) is 16.4. The molecule has 2 N–H and O–H groups in total. The number of hydrogen-bond donors (Lipinski definition) is 2. The first-order valence-corrected chi connectivity index (χ1v) is 11.9. The summed E-state index contributed by atoms with van der Waals surface area (Å²) in [6, 6.07) is 10.3. The largest absolute Gasteiger partial charge is 0.490 e. The van der Waals surface area contributed by atoms with Crippen molar-refractivity contribution in [2.45, 2.75) is 38.6 Å². The van der Waals surface area contributed by atoms with Crippen molar-refractivity contribution in [3.63, 3.8) is 0 Å². The SMILES string of the molecule is O=C(O)C(F)(F)F.O=C(O)C(F)(F)F.c1ccc(COCC2CN(Cc3cccs3)Cc3cncn3C2)nc1. The van der Waals surface area contributed by atoms with Crippen LogP contribution in [0.25, 0.3) is 0 Å². The van der Waals surface area contributed by atoms with E-state index in [0.717, 1.165) is 38.5 Å². The zero-order chi connectivity index (χ0) is 29.1. The first-order valence-electron chi connectivity index (χ1n) is 11.1. The second-order valence-electron chi connectivity index (χ2n) is 8.09. The number of rotatable bonds is 6. The Morgan fingerprint density at radius 3 is 2.23 bits per heavy atom. The minimum absolute atomic E-state index is 0.444. The first-order chi connectivity index (χ1) is 18.3. The molecule has 39 heavy (non-hydrogen) atoms. The Balaban J connectivity index is 0.000000317. The van der Waals surface area contributed by atoms with Crippen LogP contribution < -0.4 is 0 Å². The number of fused-ring (bicyclic) bond motifs is 1. The van der Waals surface area contributed by atoms with E-state index in [0.29, 0.717) is 12.5 Å². The summed E-state index contributed by atoms with van der Waals surface area (Å²) in [7, 11) is 0. The second-order valence-corrected chi connectivity index (χ2v) is 9.13. The van der Waals surface area contributed by atoms with Gasteiger partial charge in [-0.25, -0.2) is 14.6 Å². The third kappa shape index (κ3) is 11.8. The van der Waals surface area contributed by atoms with Crippen molar-refractivity contribution in [2.75, 3.05) is 13.2 Å². The minimum Gasteiger partial charge on any atom is -0.475 e. The minimum atomic E-state index is -5.08.